The molecule has 0 bridgehead atoms. The zero-order valence-electron chi connectivity index (χ0n) is 10.5. The van der Waals surface area contributed by atoms with Crippen molar-refractivity contribution in [2.75, 3.05) is 6.61 Å². The quantitative estimate of drug-likeness (QED) is 0.596. The molecule has 0 saturated heterocycles. The topological polar surface area (TPSA) is 38.7 Å². The number of carbonyl (C=O) groups is 1. The average Bonchev–Trinajstić information content (AvgIpc) is 2.38. The molecule has 0 radical (unpaired) electrons. The maximum Gasteiger partial charge on any atom is 0.280 e. The highest BCUT2D eigenvalue weighted by Gasteiger charge is 2.09. The fraction of sp³-hybridized carbons (Fsp3) is 0.200. The molecule has 0 unspecified atom stereocenters. The number of ether oxygens (including phenoxy) is 1. The van der Waals surface area contributed by atoms with Crippen molar-refractivity contribution in [3.05, 3.63) is 48.0 Å². The first-order valence-electron chi connectivity index (χ1n) is 5.92. The van der Waals surface area contributed by atoms with Gasteiger partial charge >= 0.3 is 0 Å². The van der Waals surface area contributed by atoms with Gasteiger partial charge in [-0.3, -0.25) is 4.79 Å². The molecule has 0 atom stereocenters. The normalized spacial score (nSPS) is 11.6. The molecule has 2 aromatic carbocycles. The third-order valence-corrected chi connectivity index (χ3v) is 2.63. The summed E-state index contributed by atoms with van der Waals surface area (Å²) < 4.78 is 5.18. The molecular weight excluding hydrogens is 226 g/mol. The molecule has 0 aliphatic carbocycles. The van der Waals surface area contributed by atoms with Crippen LogP contribution in [0.2, 0.25) is 0 Å². The lowest BCUT2D eigenvalue weighted by Crippen LogP contribution is -2.04. The Labute approximate surface area is 106 Å². The molecule has 0 aromatic heterocycles. The van der Waals surface area contributed by atoms with Crippen LogP contribution in [-0.4, -0.2) is 18.4 Å². The molecule has 0 spiro atoms. The van der Waals surface area contributed by atoms with E-state index in [2.05, 4.69) is 4.99 Å². The lowest BCUT2D eigenvalue weighted by Gasteiger charge is -2.04. The Balaban J connectivity index is 2.42. The summed E-state index contributed by atoms with van der Waals surface area (Å²) in [4.78, 5) is 16.0. The van der Waals surface area contributed by atoms with Crippen LogP contribution in [-0.2, 0) is 4.74 Å². The highest BCUT2D eigenvalue weighted by atomic mass is 16.5. The van der Waals surface area contributed by atoms with Gasteiger partial charge in [-0.1, -0.05) is 36.4 Å². The molecule has 18 heavy (non-hydrogen) atoms. The maximum absolute atomic E-state index is 12.1. The smallest absolute Gasteiger partial charge is 0.280 e. The number of nitrogens with zero attached hydrogens (tertiary/aromatic N) is 1. The summed E-state index contributed by atoms with van der Waals surface area (Å²) >= 11 is 0. The molecule has 0 aliphatic rings. The van der Waals surface area contributed by atoms with Gasteiger partial charge in [-0.2, -0.15) is 4.99 Å². The van der Waals surface area contributed by atoms with Crippen LogP contribution in [0.4, 0.5) is 0 Å². The Hall–Kier alpha value is -2.16. The van der Waals surface area contributed by atoms with Gasteiger partial charge in [-0.25, -0.2) is 0 Å². The van der Waals surface area contributed by atoms with E-state index >= 15 is 0 Å². The first kappa shape index (κ1) is 12.3. The number of aliphatic imine (C=N–C) groups is 1. The highest BCUT2D eigenvalue weighted by Crippen LogP contribution is 2.19. The molecule has 0 saturated carbocycles. The second-order valence-corrected chi connectivity index (χ2v) is 3.90. The number of hydrogen-bond donors (Lipinski definition) is 0. The van der Waals surface area contributed by atoms with Gasteiger partial charge in [0.05, 0.1) is 6.61 Å². The fourth-order valence-corrected chi connectivity index (χ4v) is 1.86. The summed E-state index contributed by atoms with van der Waals surface area (Å²) in [5.74, 6) is 0.133. The molecule has 3 heteroatoms. The van der Waals surface area contributed by atoms with Gasteiger partial charge in [-0.05, 0) is 23.8 Å². The predicted octanol–water partition coefficient (Wildman–Crippen LogP) is 3.43. The molecule has 0 aliphatic heterocycles. The summed E-state index contributed by atoms with van der Waals surface area (Å²) in [6, 6.07) is 13.4. The largest absolute Gasteiger partial charge is 0.481 e. The van der Waals surface area contributed by atoms with Gasteiger partial charge in [0.15, 0.2) is 5.90 Å². The summed E-state index contributed by atoms with van der Waals surface area (Å²) in [5.41, 5.74) is 0.604. The van der Waals surface area contributed by atoms with Crippen LogP contribution in [0.5, 0.6) is 0 Å². The molecule has 92 valence electrons. The minimum absolute atomic E-state index is 0.266. The Kier molecular flexibility index (Phi) is 3.72. The SMILES string of the molecule is CCOC(C)=NC(=O)c1cccc2ccccc12. The van der Waals surface area contributed by atoms with Crippen LogP contribution < -0.4 is 0 Å². The van der Waals surface area contributed by atoms with Crippen LogP contribution in [0.15, 0.2) is 47.5 Å². The van der Waals surface area contributed by atoms with Crippen LogP contribution in [0, 0.1) is 0 Å². The molecule has 2 aromatic rings. The summed E-state index contributed by atoms with van der Waals surface area (Å²) in [6.07, 6.45) is 0. The van der Waals surface area contributed by atoms with Gasteiger partial charge in [0.1, 0.15) is 0 Å². The van der Waals surface area contributed by atoms with E-state index in [1.54, 1.807) is 13.0 Å². The highest BCUT2D eigenvalue weighted by molar-refractivity contribution is 6.10. The van der Waals surface area contributed by atoms with Crippen molar-refractivity contribution in [3.63, 3.8) is 0 Å². The van der Waals surface area contributed by atoms with Gasteiger partial charge in [0, 0.05) is 12.5 Å². The first-order valence-corrected chi connectivity index (χ1v) is 5.92. The molecular formula is C15H15NO2. The Morgan fingerprint density at radius 1 is 1.17 bits per heavy atom. The van der Waals surface area contributed by atoms with Crippen molar-refractivity contribution in [1.82, 2.24) is 0 Å². The van der Waals surface area contributed by atoms with Crippen LogP contribution in [0.3, 0.4) is 0 Å². The third-order valence-electron chi connectivity index (χ3n) is 2.63. The van der Waals surface area contributed by atoms with Gasteiger partial charge < -0.3 is 4.74 Å². The van der Waals surface area contributed by atoms with Gasteiger partial charge in [0.25, 0.3) is 5.91 Å². The number of fused-ring (bicyclic) bond motifs is 1. The van der Waals surface area contributed by atoms with Crippen LogP contribution in [0.25, 0.3) is 10.8 Å². The van der Waals surface area contributed by atoms with E-state index in [0.29, 0.717) is 18.1 Å². The standard InChI is InChI=1S/C15H15NO2/c1-3-18-11(2)16-15(17)14-10-6-8-12-7-4-5-9-13(12)14/h4-10H,3H2,1-2H3. The summed E-state index contributed by atoms with van der Waals surface area (Å²) in [5, 5.41) is 1.95. The molecule has 0 heterocycles. The number of rotatable bonds is 2. The zero-order chi connectivity index (χ0) is 13.0. The first-order chi connectivity index (χ1) is 8.72. The van der Waals surface area contributed by atoms with Crippen molar-refractivity contribution >= 4 is 22.6 Å². The minimum Gasteiger partial charge on any atom is -0.481 e. The van der Waals surface area contributed by atoms with Crippen LogP contribution in [0.1, 0.15) is 24.2 Å². The molecule has 1 amide bonds. The van der Waals surface area contributed by atoms with E-state index in [9.17, 15) is 4.79 Å². The number of amides is 1. The van der Waals surface area contributed by atoms with Gasteiger partial charge in [-0.15, -0.1) is 0 Å². The fourth-order valence-electron chi connectivity index (χ4n) is 1.86. The van der Waals surface area contributed by atoms with Crippen molar-refractivity contribution in [1.29, 1.82) is 0 Å². The van der Waals surface area contributed by atoms with Crippen LogP contribution >= 0.6 is 0 Å². The van der Waals surface area contributed by atoms with Crippen molar-refractivity contribution < 1.29 is 9.53 Å². The number of benzene rings is 2. The second-order valence-electron chi connectivity index (χ2n) is 3.90. The minimum atomic E-state index is -0.266. The Bertz CT molecular complexity index is 597. The number of carbonyl (C=O) groups excluding carboxylic acids is 1. The van der Waals surface area contributed by atoms with E-state index in [0.717, 1.165) is 10.8 Å². The van der Waals surface area contributed by atoms with E-state index in [1.165, 1.54) is 0 Å². The Morgan fingerprint density at radius 2 is 1.89 bits per heavy atom. The van der Waals surface area contributed by atoms with E-state index in [-0.39, 0.29) is 5.91 Å². The van der Waals surface area contributed by atoms with Crippen molar-refractivity contribution in [2.45, 2.75) is 13.8 Å². The molecule has 3 nitrogen and oxygen atoms in total. The number of hydrogen-bond acceptors (Lipinski definition) is 2. The second kappa shape index (κ2) is 5.45. The lowest BCUT2D eigenvalue weighted by atomic mass is 10.0. The summed E-state index contributed by atoms with van der Waals surface area (Å²) in [7, 11) is 0. The van der Waals surface area contributed by atoms with Crippen molar-refractivity contribution in [2.24, 2.45) is 4.99 Å². The predicted molar refractivity (Wildman–Crippen MR) is 73.0 cm³/mol. The van der Waals surface area contributed by atoms with Gasteiger partial charge in [0.2, 0.25) is 0 Å². The van der Waals surface area contributed by atoms with E-state index in [1.807, 2.05) is 43.3 Å². The van der Waals surface area contributed by atoms with E-state index in [4.69, 9.17) is 4.74 Å². The lowest BCUT2D eigenvalue weighted by molar-refractivity contribution is 0.100. The molecule has 2 rings (SSSR count). The van der Waals surface area contributed by atoms with E-state index < -0.39 is 0 Å². The third kappa shape index (κ3) is 2.56. The molecule has 0 N–H and O–H groups in total. The Morgan fingerprint density at radius 3 is 2.67 bits per heavy atom. The zero-order valence-corrected chi connectivity index (χ0v) is 10.5. The van der Waals surface area contributed by atoms with Crippen molar-refractivity contribution in [3.8, 4) is 0 Å². The average molecular weight is 241 g/mol. The molecule has 0 fully saturated rings. The summed E-state index contributed by atoms with van der Waals surface area (Å²) in [6.45, 7) is 4.06. The monoisotopic (exact) mass is 241 g/mol. The maximum atomic E-state index is 12.1.